The van der Waals surface area contributed by atoms with Gasteiger partial charge in [-0.15, -0.1) is 0 Å². The van der Waals surface area contributed by atoms with Crippen LogP contribution in [0.25, 0.3) is 11.3 Å². The SMILES string of the molecule is Fc1ccccc1-c1ccc(CNC2CCCCC2)o1. The molecule has 1 aromatic heterocycles. The molecule has 1 aliphatic rings. The van der Waals surface area contributed by atoms with Gasteiger partial charge in [0.1, 0.15) is 17.3 Å². The number of furan rings is 1. The molecule has 2 aromatic rings. The zero-order valence-corrected chi connectivity index (χ0v) is 11.6. The molecule has 0 atom stereocenters. The van der Waals surface area contributed by atoms with Gasteiger partial charge in [-0.2, -0.15) is 0 Å². The van der Waals surface area contributed by atoms with Crippen LogP contribution in [-0.4, -0.2) is 6.04 Å². The molecule has 0 saturated heterocycles. The van der Waals surface area contributed by atoms with E-state index in [9.17, 15) is 4.39 Å². The fraction of sp³-hybridized carbons (Fsp3) is 0.412. The largest absolute Gasteiger partial charge is 0.460 e. The van der Waals surface area contributed by atoms with Gasteiger partial charge in [0.25, 0.3) is 0 Å². The van der Waals surface area contributed by atoms with Gasteiger partial charge in [0.05, 0.1) is 12.1 Å². The molecular weight excluding hydrogens is 253 g/mol. The molecule has 0 radical (unpaired) electrons. The van der Waals surface area contributed by atoms with Crippen molar-refractivity contribution in [1.82, 2.24) is 5.32 Å². The van der Waals surface area contributed by atoms with E-state index in [-0.39, 0.29) is 5.82 Å². The quantitative estimate of drug-likeness (QED) is 0.886. The van der Waals surface area contributed by atoms with Crippen molar-refractivity contribution in [3.05, 3.63) is 48.0 Å². The predicted octanol–water partition coefficient (Wildman–Crippen LogP) is 4.51. The highest BCUT2D eigenvalue weighted by Gasteiger charge is 2.14. The smallest absolute Gasteiger partial charge is 0.137 e. The Bertz CT molecular complexity index is 558. The molecule has 1 fully saturated rings. The molecule has 1 N–H and O–H groups in total. The Hall–Kier alpha value is -1.61. The lowest BCUT2D eigenvalue weighted by Crippen LogP contribution is -2.30. The van der Waals surface area contributed by atoms with Gasteiger partial charge < -0.3 is 9.73 Å². The summed E-state index contributed by atoms with van der Waals surface area (Å²) in [6.45, 7) is 0.721. The van der Waals surface area contributed by atoms with Crippen LogP contribution in [0.4, 0.5) is 4.39 Å². The number of halogens is 1. The fourth-order valence-electron chi connectivity index (χ4n) is 2.83. The summed E-state index contributed by atoms with van der Waals surface area (Å²) in [6, 6.07) is 11.1. The first-order chi connectivity index (χ1) is 9.83. The first-order valence-corrected chi connectivity index (χ1v) is 7.40. The predicted molar refractivity (Wildman–Crippen MR) is 77.8 cm³/mol. The van der Waals surface area contributed by atoms with Crippen LogP contribution in [0.2, 0.25) is 0 Å². The van der Waals surface area contributed by atoms with Gasteiger partial charge >= 0.3 is 0 Å². The minimum atomic E-state index is -0.242. The van der Waals surface area contributed by atoms with Crippen LogP contribution in [0, 0.1) is 5.82 Å². The molecular formula is C17H20FNO. The fourth-order valence-corrected chi connectivity index (χ4v) is 2.83. The van der Waals surface area contributed by atoms with Crippen LogP contribution in [0.1, 0.15) is 37.9 Å². The summed E-state index contributed by atoms with van der Waals surface area (Å²) >= 11 is 0. The maximum atomic E-state index is 13.7. The van der Waals surface area contributed by atoms with Gasteiger partial charge in [-0.25, -0.2) is 4.39 Å². The zero-order chi connectivity index (χ0) is 13.8. The molecule has 3 rings (SSSR count). The second-order valence-corrected chi connectivity index (χ2v) is 5.46. The minimum Gasteiger partial charge on any atom is -0.460 e. The van der Waals surface area contributed by atoms with Gasteiger partial charge in [-0.05, 0) is 37.1 Å². The van der Waals surface area contributed by atoms with Crippen molar-refractivity contribution in [2.45, 2.75) is 44.7 Å². The highest BCUT2D eigenvalue weighted by molar-refractivity contribution is 5.58. The van der Waals surface area contributed by atoms with Crippen LogP contribution < -0.4 is 5.32 Å². The molecule has 1 heterocycles. The lowest BCUT2D eigenvalue weighted by molar-refractivity contribution is 0.357. The Morgan fingerprint density at radius 3 is 2.65 bits per heavy atom. The molecule has 1 aromatic carbocycles. The summed E-state index contributed by atoms with van der Waals surface area (Å²) < 4.78 is 19.4. The summed E-state index contributed by atoms with van der Waals surface area (Å²) in [7, 11) is 0. The zero-order valence-electron chi connectivity index (χ0n) is 11.6. The first kappa shape index (κ1) is 13.4. The van der Waals surface area contributed by atoms with E-state index in [0.717, 1.165) is 12.3 Å². The van der Waals surface area contributed by atoms with E-state index in [0.29, 0.717) is 17.4 Å². The Morgan fingerprint density at radius 1 is 1.05 bits per heavy atom. The van der Waals surface area contributed by atoms with Crippen molar-refractivity contribution >= 4 is 0 Å². The van der Waals surface area contributed by atoms with E-state index in [2.05, 4.69) is 5.32 Å². The highest BCUT2D eigenvalue weighted by Crippen LogP contribution is 2.25. The average Bonchev–Trinajstić information content (AvgIpc) is 2.95. The summed E-state index contributed by atoms with van der Waals surface area (Å²) in [5, 5.41) is 3.53. The van der Waals surface area contributed by atoms with Crippen molar-refractivity contribution in [2.75, 3.05) is 0 Å². The van der Waals surface area contributed by atoms with Gasteiger partial charge in [0.2, 0.25) is 0 Å². The lowest BCUT2D eigenvalue weighted by atomic mass is 9.95. The van der Waals surface area contributed by atoms with Gasteiger partial charge in [-0.3, -0.25) is 0 Å². The Labute approximate surface area is 119 Å². The summed E-state index contributed by atoms with van der Waals surface area (Å²) in [4.78, 5) is 0. The Balaban J connectivity index is 1.63. The topological polar surface area (TPSA) is 25.2 Å². The molecule has 3 heteroatoms. The molecule has 0 unspecified atom stereocenters. The first-order valence-electron chi connectivity index (χ1n) is 7.40. The molecule has 1 aliphatic carbocycles. The van der Waals surface area contributed by atoms with Gasteiger partial charge in [-0.1, -0.05) is 31.4 Å². The summed E-state index contributed by atoms with van der Waals surface area (Å²) in [5.74, 6) is 1.23. The second-order valence-electron chi connectivity index (χ2n) is 5.46. The summed E-state index contributed by atoms with van der Waals surface area (Å²) in [5.41, 5.74) is 0.524. The third-order valence-electron chi connectivity index (χ3n) is 3.97. The lowest BCUT2D eigenvalue weighted by Gasteiger charge is -2.22. The van der Waals surface area contributed by atoms with E-state index in [1.807, 2.05) is 18.2 Å². The summed E-state index contributed by atoms with van der Waals surface area (Å²) in [6.07, 6.45) is 6.49. The third-order valence-corrected chi connectivity index (χ3v) is 3.97. The molecule has 2 nitrogen and oxygen atoms in total. The van der Waals surface area contributed by atoms with E-state index in [1.165, 1.54) is 38.2 Å². The van der Waals surface area contributed by atoms with Crippen molar-refractivity contribution < 1.29 is 8.81 Å². The van der Waals surface area contributed by atoms with E-state index in [4.69, 9.17) is 4.42 Å². The van der Waals surface area contributed by atoms with E-state index < -0.39 is 0 Å². The van der Waals surface area contributed by atoms with Gasteiger partial charge in [0, 0.05) is 6.04 Å². The monoisotopic (exact) mass is 273 g/mol. The molecule has 0 amide bonds. The van der Waals surface area contributed by atoms with Gasteiger partial charge in [0.15, 0.2) is 0 Å². The van der Waals surface area contributed by atoms with Crippen molar-refractivity contribution in [3.8, 4) is 11.3 Å². The van der Waals surface area contributed by atoms with E-state index in [1.54, 1.807) is 12.1 Å². The average molecular weight is 273 g/mol. The number of hydrogen-bond donors (Lipinski definition) is 1. The molecule has 0 aliphatic heterocycles. The normalized spacial score (nSPS) is 16.4. The third kappa shape index (κ3) is 3.10. The van der Waals surface area contributed by atoms with Crippen LogP contribution in [0.5, 0.6) is 0 Å². The number of nitrogens with one attached hydrogen (secondary N) is 1. The number of benzene rings is 1. The molecule has 1 saturated carbocycles. The molecule has 20 heavy (non-hydrogen) atoms. The van der Waals surface area contributed by atoms with E-state index >= 15 is 0 Å². The maximum absolute atomic E-state index is 13.7. The van der Waals surface area contributed by atoms with Crippen LogP contribution in [0.15, 0.2) is 40.8 Å². The number of hydrogen-bond acceptors (Lipinski definition) is 2. The standard InChI is InChI=1S/C17H20FNO/c18-16-9-5-4-8-15(16)17-11-10-14(20-17)12-19-13-6-2-1-3-7-13/h4-5,8-11,13,19H,1-3,6-7,12H2. The van der Waals surface area contributed by atoms with Crippen LogP contribution >= 0.6 is 0 Å². The second kappa shape index (κ2) is 6.23. The highest BCUT2D eigenvalue weighted by atomic mass is 19.1. The maximum Gasteiger partial charge on any atom is 0.137 e. The molecule has 106 valence electrons. The van der Waals surface area contributed by atoms with Crippen LogP contribution in [0.3, 0.4) is 0 Å². The van der Waals surface area contributed by atoms with Crippen molar-refractivity contribution in [1.29, 1.82) is 0 Å². The Kier molecular flexibility index (Phi) is 4.16. The van der Waals surface area contributed by atoms with Crippen LogP contribution in [-0.2, 0) is 6.54 Å². The Morgan fingerprint density at radius 2 is 1.85 bits per heavy atom. The minimum absolute atomic E-state index is 0.242. The molecule has 0 spiro atoms. The van der Waals surface area contributed by atoms with Crippen molar-refractivity contribution in [2.24, 2.45) is 0 Å². The molecule has 0 bridgehead atoms. The van der Waals surface area contributed by atoms with Crippen molar-refractivity contribution in [3.63, 3.8) is 0 Å². The number of rotatable bonds is 4.